The molecule has 0 aromatic heterocycles. The number of ether oxygens (including phenoxy) is 2. The Morgan fingerprint density at radius 2 is 2.35 bits per heavy atom. The molecule has 0 aromatic carbocycles. The number of rotatable bonds is 7. The van der Waals surface area contributed by atoms with Crippen molar-refractivity contribution in [3.8, 4) is 0 Å². The van der Waals surface area contributed by atoms with E-state index in [-0.39, 0.29) is 18.6 Å². The number of amides is 1. The van der Waals surface area contributed by atoms with Crippen LogP contribution in [0.3, 0.4) is 0 Å². The van der Waals surface area contributed by atoms with Crippen molar-refractivity contribution in [1.82, 2.24) is 10.6 Å². The van der Waals surface area contributed by atoms with E-state index in [4.69, 9.17) is 9.47 Å². The molecule has 2 unspecified atom stereocenters. The minimum absolute atomic E-state index is 0.0424. The van der Waals surface area contributed by atoms with Gasteiger partial charge in [-0.25, -0.2) is 0 Å². The molecule has 1 heterocycles. The summed E-state index contributed by atoms with van der Waals surface area (Å²) < 4.78 is 10.0. The second-order valence-electron chi connectivity index (χ2n) is 4.51. The van der Waals surface area contributed by atoms with Crippen LogP contribution in [0, 0.1) is 5.92 Å². The third-order valence-electron chi connectivity index (χ3n) is 3.10. The van der Waals surface area contributed by atoms with Crippen LogP contribution in [-0.4, -0.2) is 52.0 Å². The normalized spacial score (nSPS) is 22.1. The third kappa shape index (κ3) is 6.00. The minimum Gasteiger partial charge on any atom is -0.382 e. The summed E-state index contributed by atoms with van der Waals surface area (Å²) in [6.45, 7) is 5.25. The lowest BCUT2D eigenvalue weighted by molar-refractivity contribution is -0.127. The molecule has 2 atom stereocenters. The molecule has 5 nitrogen and oxygen atoms in total. The van der Waals surface area contributed by atoms with Gasteiger partial charge in [-0.05, 0) is 38.8 Å². The lowest BCUT2D eigenvalue weighted by Gasteiger charge is -2.28. The van der Waals surface area contributed by atoms with Crippen LogP contribution in [0.25, 0.3) is 0 Å². The maximum Gasteiger partial charge on any atom is 0.246 e. The molecule has 1 rings (SSSR count). The Kier molecular flexibility index (Phi) is 7.16. The zero-order chi connectivity index (χ0) is 12.5. The molecule has 0 bridgehead atoms. The Morgan fingerprint density at radius 3 is 3.00 bits per heavy atom. The Labute approximate surface area is 103 Å². The molecule has 0 aliphatic carbocycles. The lowest BCUT2D eigenvalue weighted by Crippen LogP contribution is -2.45. The Balaban J connectivity index is 2.11. The standard InChI is InChI=1S/C12H24N2O3/c1-10(11-4-3-5-13-8-11)14-12(15)9-17-7-6-16-2/h10-11,13H,3-9H2,1-2H3,(H,14,15). The van der Waals surface area contributed by atoms with Gasteiger partial charge in [-0.1, -0.05) is 0 Å². The molecule has 17 heavy (non-hydrogen) atoms. The summed E-state index contributed by atoms with van der Waals surface area (Å²) in [6, 6.07) is 0.210. The van der Waals surface area contributed by atoms with E-state index >= 15 is 0 Å². The van der Waals surface area contributed by atoms with Crippen LogP contribution in [0.2, 0.25) is 0 Å². The Hall–Kier alpha value is -0.650. The highest BCUT2D eigenvalue weighted by Crippen LogP contribution is 2.13. The van der Waals surface area contributed by atoms with Crippen molar-refractivity contribution in [3.63, 3.8) is 0 Å². The van der Waals surface area contributed by atoms with E-state index in [9.17, 15) is 4.79 Å². The predicted molar refractivity (Wildman–Crippen MR) is 65.9 cm³/mol. The van der Waals surface area contributed by atoms with Crippen molar-refractivity contribution in [1.29, 1.82) is 0 Å². The van der Waals surface area contributed by atoms with Gasteiger partial charge in [0, 0.05) is 13.2 Å². The molecule has 1 amide bonds. The van der Waals surface area contributed by atoms with E-state index in [1.165, 1.54) is 12.8 Å². The van der Waals surface area contributed by atoms with Gasteiger partial charge in [0.1, 0.15) is 6.61 Å². The smallest absolute Gasteiger partial charge is 0.246 e. The van der Waals surface area contributed by atoms with Gasteiger partial charge in [0.2, 0.25) is 5.91 Å². The largest absolute Gasteiger partial charge is 0.382 e. The van der Waals surface area contributed by atoms with Gasteiger partial charge in [-0.2, -0.15) is 0 Å². The fourth-order valence-electron chi connectivity index (χ4n) is 2.03. The SMILES string of the molecule is COCCOCC(=O)NC(C)C1CCCNC1. The zero-order valence-electron chi connectivity index (χ0n) is 10.8. The fraction of sp³-hybridized carbons (Fsp3) is 0.917. The maximum atomic E-state index is 11.6. The van der Waals surface area contributed by atoms with E-state index in [2.05, 4.69) is 17.6 Å². The first kappa shape index (κ1) is 14.4. The predicted octanol–water partition coefficient (Wildman–Crippen LogP) is 0.154. The van der Waals surface area contributed by atoms with Gasteiger partial charge in [0.25, 0.3) is 0 Å². The second kappa shape index (κ2) is 8.44. The van der Waals surface area contributed by atoms with Crippen molar-refractivity contribution in [3.05, 3.63) is 0 Å². The second-order valence-corrected chi connectivity index (χ2v) is 4.51. The topological polar surface area (TPSA) is 59.6 Å². The monoisotopic (exact) mass is 244 g/mol. The van der Waals surface area contributed by atoms with Crippen LogP contribution in [0.4, 0.5) is 0 Å². The summed E-state index contributed by atoms with van der Waals surface area (Å²) in [6.07, 6.45) is 2.37. The molecule has 5 heteroatoms. The summed E-state index contributed by atoms with van der Waals surface area (Å²) in [5.74, 6) is 0.492. The Morgan fingerprint density at radius 1 is 1.53 bits per heavy atom. The molecular weight excluding hydrogens is 220 g/mol. The number of nitrogens with one attached hydrogen (secondary N) is 2. The molecule has 100 valence electrons. The lowest BCUT2D eigenvalue weighted by atomic mass is 9.93. The molecule has 1 fully saturated rings. The van der Waals surface area contributed by atoms with Crippen molar-refractivity contribution in [2.45, 2.75) is 25.8 Å². The van der Waals surface area contributed by atoms with Gasteiger partial charge in [0.05, 0.1) is 13.2 Å². The zero-order valence-corrected chi connectivity index (χ0v) is 10.8. The molecule has 2 N–H and O–H groups in total. The number of piperidine rings is 1. The van der Waals surface area contributed by atoms with Crippen molar-refractivity contribution >= 4 is 5.91 Å². The number of hydrogen-bond acceptors (Lipinski definition) is 4. The molecule has 1 aliphatic rings. The maximum absolute atomic E-state index is 11.6. The average Bonchev–Trinajstić information content (AvgIpc) is 2.36. The van der Waals surface area contributed by atoms with Crippen molar-refractivity contribution in [2.24, 2.45) is 5.92 Å². The first-order valence-corrected chi connectivity index (χ1v) is 6.30. The Bertz CT molecular complexity index is 218. The van der Waals surface area contributed by atoms with Gasteiger partial charge in [-0.15, -0.1) is 0 Å². The van der Waals surface area contributed by atoms with Gasteiger partial charge in [-0.3, -0.25) is 4.79 Å². The molecular formula is C12H24N2O3. The molecule has 1 aliphatic heterocycles. The van der Waals surface area contributed by atoms with E-state index < -0.39 is 0 Å². The average molecular weight is 244 g/mol. The van der Waals surface area contributed by atoms with E-state index in [1.807, 2.05) is 0 Å². The van der Waals surface area contributed by atoms with E-state index in [1.54, 1.807) is 7.11 Å². The summed E-state index contributed by atoms with van der Waals surface area (Å²) in [7, 11) is 1.61. The van der Waals surface area contributed by atoms with Crippen LogP contribution in [0.1, 0.15) is 19.8 Å². The van der Waals surface area contributed by atoms with Gasteiger partial charge >= 0.3 is 0 Å². The highest BCUT2D eigenvalue weighted by atomic mass is 16.5. The van der Waals surface area contributed by atoms with Gasteiger partial charge in [0.15, 0.2) is 0 Å². The highest BCUT2D eigenvalue weighted by Gasteiger charge is 2.20. The molecule has 0 aromatic rings. The van der Waals surface area contributed by atoms with Crippen LogP contribution in [-0.2, 0) is 14.3 Å². The minimum atomic E-state index is -0.0424. The molecule has 1 saturated heterocycles. The molecule has 0 radical (unpaired) electrons. The number of methoxy groups -OCH3 is 1. The first-order chi connectivity index (χ1) is 8.24. The highest BCUT2D eigenvalue weighted by molar-refractivity contribution is 5.77. The molecule has 0 spiro atoms. The van der Waals surface area contributed by atoms with Crippen LogP contribution in [0.5, 0.6) is 0 Å². The quantitative estimate of drug-likeness (QED) is 0.626. The number of hydrogen-bond donors (Lipinski definition) is 2. The van der Waals surface area contributed by atoms with Crippen molar-refractivity contribution < 1.29 is 14.3 Å². The molecule has 0 saturated carbocycles. The summed E-state index contributed by atoms with van der Waals surface area (Å²) in [5, 5.41) is 6.33. The van der Waals surface area contributed by atoms with Crippen LogP contribution in [0.15, 0.2) is 0 Å². The summed E-state index contributed by atoms with van der Waals surface area (Å²) in [5.41, 5.74) is 0. The number of carbonyl (C=O) groups excluding carboxylic acids is 1. The third-order valence-corrected chi connectivity index (χ3v) is 3.10. The van der Waals surface area contributed by atoms with E-state index in [0.29, 0.717) is 19.1 Å². The van der Waals surface area contributed by atoms with Crippen molar-refractivity contribution in [2.75, 3.05) is 40.0 Å². The van der Waals surface area contributed by atoms with E-state index in [0.717, 1.165) is 13.1 Å². The number of carbonyl (C=O) groups is 1. The fourth-order valence-corrected chi connectivity index (χ4v) is 2.03. The summed E-state index contributed by atoms with van der Waals surface area (Å²) >= 11 is 0. The van der Waals surface area contributed by atoms with Crippen LogP contribution >= 0.6 is 0 Å². The summed E-state index contributed by atoms with van der Waals surface area (Å²) in [4.78, 5) is 11.6. The first-order valence-electron chi connectivity index (χ1n) is 6.30. The van der Waals surface area contributed by atoms with Crippen LogP contribution < -0.4 is 10.6 Å². The van der Waals surface area contributed by atoms with Gasteiger partial charge < -0.3 is 20.1 Å².